The van der Waals surface area contributed by atoms with Crippen LogP contribution in [-0.4, -0.2) is 48.7 Å². The van der Waals surface area contributed by atoms with Crippen LogP contribution in [-0.2, 0) is 9.53 Å². The number of carboxylic acid groups (broad SMARTS) is 1. The van der Waals surface area contributed by atoms with E-state index >= 15 is 0 Å². The molecule has 21 heavy (non-hydrogen) atoms. The average Bonchev–Trinajstić information content (AvgIpc) is 2.87. The van der Waals surface area contributed by atoms with Crippen molar-refractivity contribution in [3.05, 3.63) is 35.4 Å². The van der Waals surface area contributed by atoms with Crippen molar-refractivity contribution >= 4 is 11.9 Å². The van der Waals surface area contributed by atoms with E-state index in [1.807, 2.05) is 0 Å². The normalized spacial score (nSPS) is 21.6. The number of amides is 1. The van der Waals surface area contributed by atoms with Gasteiger partial charge in [0.05, 0.1) is 12.2 Å². The minimum absolute atomic E-state index is 0.0439. The van der Waals surface area contributed by atoms with Crippen LogP contribution in [0.15, 0.2) is 18.2 Å². The van der Waals surface area contributed by atoms with E-state index < -0.39 is 34.5 Å². The molecule has 1 saturated heterocycles. The summed E-state index contributed by atoms with van der Waals surface area (Å²) >= 11 is 0. The SMILES string of the molecule is COCC1(C(=O)O)CCN(C(=O)c2cc(F)ccc2F)C1. The molecule has 7 heteroatoms. The van der Waals surface area contributed by atoms with E-state index in [2.05, 4.69) is 0 Å². The van der Waals surface area contributed by atoms with E-state index in [9.17, 15) is 23.5 Å². The van der Waals surface area contributed by atoms with Gasteiger partial charge in [-0.3, -0.25) is 9.59 Å². The molecule has 1 heterocycles. The van der Waals surface area contributed by atoms with Crippen LogP contribution in [0.3, 0.4) is 0 Å². The van der Waals surface area contributed by atoms with Crippen molar-refractivity contribution in [3.8, 4) is 0 Å². The van der Waals surface area contributed by atoms with E-state index in [1.165, 1.54) is 12.0 Å². The summed E-state index contributed by atoms with van der Waals surface area (Å²) in [5, 5.41) is 9.31. The van der Waals surface area contributed by atoms with E-state index in [-0.39, 0.29) is 26.1 Å². The lowest BCUT2D eigenvalue weighted by atomic mass is 9.88. The number of halogens is 2. The Balaban J connectivity index is 2.22. The van der Waals surface area contributed by atoms with E-state index in [1.54, 1.807) is 0 Å². The Morgan fingerprint density at radius 2 is 2.14 bits per heavy atom. The highest BCUT2D eigenvalue weighted by Crippen LogP contribution is 2.32. The third-order valence-electron chi connectivity index (χ3n) is 3.67. The largest absolute Gasteiger partial charge is 0.481 e. The third-order valence-corrected chi connectivity index (χ3v) is 3.67. The van der Waals surface area contributed by atoms with Crippen molar-refractivity contribution < 1.29 is 28.2 Å². The smallest absolute Gasteiger partial charge is 0.313 e. The van der Waals surface area contributed by atoms with Crippen molar-refractivity contribution in [1.82, 2.24) is 4.90 Å². The number of nitrogens with zero attached hydrogens (tertiary/aromatic N) is 1. The topological polar surface area (TPSA) is 66.8 Å². The summed E-state index contributed by atoms with van der Waals surface area (Å²) in [5.74, 6) is -3.34. The van der Waals surface area contributed by atoms with Gasteiger partial charge in [0.25, 0.3) is 5.91 Å². The van der Waals surface area contributed by atoms with E-state index in [0.717, 1.165) is 18.2 Å². The first kappa shape index (κ1) is 15.4. The van der Waals surface area contributed by atoms with E-state index in [0.29, 0.717) is 0 Å². The summed E-state index contributed by atoms with van der Waals surface area (Å²) in [7, 11) is 1.38. The molecule has 5 nitrogen and oxygen atoms in total. The predicted octanol–water partition coefficient (Wildman–Crippen LogP) is 1.53. The average molecular weight is 299 g/mol. The Kier molecular flexibility index (Phi) is 4.22. The van der Waals surface area contributed by atoms with Gasteiger partial charge in [0, 0.05) is 20.2 Å². The summed E-state index contributed by atoms with van der Waals surface area (Å²) in [6, 6.07) is 2.61. The predicted molar refractivity (Wildman–Crippen MR) is 68.8 cm³/mol. The second kappa shape index (κ2) is 5.77. The molecule has 1 aliphatic rings. The number of methoxy groups -OCH3 is 1. The van der Waals surface area contributed by atoms with Gasteiger partial charge in [-0.05, 0) is 24.6 Å². The second-order valence-electron chi connectivity index (χ2n) is 5.12. The number of carboxylic acids is 1. The fourth-order valence-electron chi connectivity index (χ4n) is 2.51. The van der Waals surface area contributed by atoms with Gasteiger partial charge in [-0.1, -0.05) is 0 Å². The minimum atomic E-state index is -1.20. The summed E-state index contributed by atoms with van der Waals surface area (Å²) in [6.45, 7) is 0.0210. The second-order valence-corrected chi connectivity index (χ2v) is 5.12. The van der Waals surface area contributed by atoms with Gasteiger partial charge in [-0.15, -0.1) is 0 Å². The van der Waals surface area contributed by atoms with Gasteiger partial charge in [0.2, 0.25) is 0 Å². The number of likely N-dealkylation sites (tertiary alicyclic amines) is 1. The lowest BCUT2D eigenvalue weighted by Crippen LogP contribution is -2.40. The van der Waals surface area contributed by atoms with Crippen LogP contribution in [0.4, 0.5) is 8.78 Å². The standard InChI is InChI=1S/C14H15F2NO4/c1-21-8-14(13(19)20)4-5-17(7-14)12(18)10-6-9(15)2-3-11(10)16/h2-3,6H,4-5,7-8H2,1H3,(H,19,20). The number of hydrogen-bond donors (Lipinski definition) is 1. The number of carbonyl (C=O) groups excluding carboxylic acids is 1. The van der Waals surface area contributed by atoms with Gasteiger partial charge in [0.15, 0.2) is 0 Å². The third kappa shape index (κ3) is 2.87. The molecular formula is C14H15F2NO4. The van der Waals surface area contributed by atoms with E-state index in [4.69, 9.17) is 4.74 Å². The monoisotopic (exact) mass is 299 g/mol. The highest BCUT2D eigenvalue weighted by atomic mass is 19.1. The van der Waals surface area contributed by atoms with Crippen LogP contribution in [0, 0.1) is 17.0 Å². The van der Waals surface area contributed by atoms with Gasteiger partial charge < -0.3 is 14.7 Å². The molecule has 0 aromatic heterocycles. The summed E-state index contributed by atoms with van der Waals surface area (Å²) in [5.41, 5.74) is -1.59. The van der Waals surface area contributed by atoms with Crippen LogP contribution >= 0.6 is 0 Å². The Bertz CT molecular complexity index is 578. The number of carbonyl (C=O) groups is 2. The lowest BCUT2D eigenvalue weighted by Gasteiger charge is -2.23. The molecule has 2 rings (SSSR count). The first-order valence-electron chi connectivity index (χ1n) is 6.36. The lowest BCUT2D eigenvalue weighted by molar-refractivity contribution is -0.151. The Morgan fingerprint density at radius 3 is 2.76 bits per heavy atom. The minimum Gasteiger partial charge on any atom is -0.481 e. The molecule has 0 bridgehead atoms. The molecule has 0 saturated carbocycles. The highest BCUT2D eigenvalue weighted by Gasteiger charge is 2.46. The van der Waals surface area contributed by atoms with Crippen LogP contribution in [0.2, 0.25) is 0 Å². The molecule has 1 fully saturated rings. The summed E-state index contributed by atoms with van der Waals surface area (Å²) in [4.78, 5) is 24.8. The zero-order chi connectivity index (χ0) is 15.6. The van der Waals surface area contributed by atoms with Crippen molar-refractivity contribution in [1.29, 1.82) is 0 Å². The van der Waals surface area contributed by atoms with Crippen molar-refractivity contribution in [3.63, 3.8) is 0 Å². The molecule has 0 aliphatic carbocycles. The fraction of sp³-hybridized carbons (Fsp3) is 0.429. The molecule has 1 amide bonds. The maximum atomic E-state index is 13.6. The molecule has 0 radical (unpaired) electrons. The molecule has 1 aromatic carbocycles. The summed E-state index contributed by atoms with van der Waals surface area (Å²) < 4.78 is 31.7. The van der Waals surface area contributed by atoms with Gasteiger partial charge in [-0.25, -0.2) is 8.78 Å². The molecule has 1 atom stereocenters. The zero-order valence-electron chi connectivity index (χ0n) is 11.4. The molecule has 1 unspecified atom stereocenters. The maximum Gasteiger partial charge on any atom is 0.313 e. The first-order chi connectivity index (χ1) is 9.89. The fourth-order valence-corrected chi connectivity index (χ4v) is 2.51. The zero-order valence-corrected chi connectivity index (χ0v) is 11.4. The Morgan fingerprint density at radius 1 is 1.43 bits per heavy atom. The molecule has 114 valence electrons. The first-order valence-corrected chi connectivity index (χ1v) is 6.36. The number of rotatable bonds is 4. The molecular weight excluding hydrogens is 284 g/mol. The number of aliphatic carboxylic acids is 1. The maximum absolute atomic E-state index is 13.6. The number of ether oxygens (including phenoxy) is 1. The van der Waals surface area contributed by atoms with Crippen LogP contribution < -0.4 is 0 Å². The Hall–Kier alpha value is -2.02. The van der Waals surface area contributed by atoms with Gasteiger partial charge >= 0.3 is 5.97 Å². The van der Waals surface area contributed by atoms with Crippen LogP contribution in [0.1, 0.15) is 16.8 Å². The summed E-state index contributed by atoms with van der Waals surface area (Å²) in [6.07, 6.45) is 0.207. The quantitative estimate of drug-likeness (QED) is 0.915. The van der Waals surface area contributed by atoms with Crippen LogP contribution in [0.5, 0.6) is 0 Å². The highest BCUT2D eigenvalue weighted by molar-refractivity contribution is 5.95. The van der Waals surface area contributed by atoms with Gasteiger partial charge in [-0.2, -0.15) is 0 Å². The van der Waals surface area contributed by atoms with Gasteiger partial charge in [0.1, 0.15) is 17.0 Å². The molecule has 1 N–H and O–H groups in total. The molecule has 1 aromatic rings. The van der Waals surface area contributed by atoms with Crippen LogP contribution in [0.25, 0.3) is 0 Å². The van der Waals surface area contributed by atoms with Crippen molar-refractivity contribution in [2.75, 3.05) is 26.8 Å². The van der Waals surface area contributed by atoms with Crippen molar-refractivity contribution in [2.45, 2.75) is 6.42 Å². The van der Waals surface area contributed by atoms with Crippen molar-refractivity contribution in [2.24, 2.45) is 5.41 Å². The molecule has 0 spiro atoms. The Labute approximate surface area is 120 Å². The number of benzene rings is 1. The molecule has 1 aliphatic heterocycles. The number of hydrogen-bond acceptors (Lipinski definition) is 3.